The van der Waals surface area contributed by atoms with Crippen LogP contribution in [-0.2, 0) is 5.54 Å². The van der Waals surface area contributed by atoms with Crippen molar-refractivity contribution in [2.45, 2.75) is 25.3 Å². The van der Waals surface area contributed by atoms with Gasteiger partial charge in [-0.15, -0.1) is 0 Å². The van der Waals surface area contributed by atoms with Crippen LogP contribution in [0.5, 0.6) is 0 Å². The van der Waals surface area contributed by atoms with E-state index in [-0.39, 0.29) is 11.4 Å². The Morgan fingerprint density at radius 2 is 2.21 bits per heavy atom. The summed E-state index contributed by atoms with van der Waals surface area (Å²) in [7, 11) is 0. The summed E-state index contributed by atoms with van der Waals surface area (Å²) in [6.45, 7) is 3.08. The molecule has 1 aliphatic rings. The molecule has 3 heteroatoms. The second-order valence-corrected chi connectivity index (χ2v) is 4.46. The minimum atomic E-state index is -0.262. The Labute approximate surface area is 88.3 Å². The van der Waals surface area contributed by atoms with E-state index in [1.165, 1.54) is 6.07 Å². The zero-order valence-electron chi connectivity index (χ0n) is 8.11. The molecule has 1 N–H and O–H groups in total. The highest BCUT2D eigenvalue weighted by molar-refractivity contribution is 6.30. The van der Waals surface area contributed by atoms with E-state index < -0.39 is 0 Å². The number of rotatable bonds is 1. The van der Waals surface area contributed by atoms with Crippen molar-refractivity contribution in [2.75, 3.05) is 6.54 Å². The number of benzene rings is 1. The zero-order chi connectivity index (χ0) is 10.2. The molecule has 0 aliphatic carbocycles. The van der Waals surface area contributed by atoms with E-state index in [9.17, 15) is 4.39 Å². The Balaban J connectivity index is 2.40. The second-order valence-electron chi connectivity index (χ2n) is 4.02. The molecule has 0 bridgehead atoms. The van der Waals surface area contributed by atoms with Gasteiger partial charge in [-0.1, -0.05) is 11.6 Å². The predicted molar refractivity (Wildman–Crippen MR) is 56.0 cm³/mol. The predicted octanol–water partition coefficient (Wildman–Crippen LogP) is 3.08. The second kappa shape index (κ2) is 3.52. The number of hydrogen-bond acceptors (Lipinski definition) is 1. The number of halogens is 2. The summed E-state index contributed by atoms with van der Waals surface area (Å²) < 4.78 is 13.1. The van der Waals surface area contributed by atoms with E-state index in [4.69, 9.17) is 11.6 Å². The Morgan fingerprint density at radius 3 is 2.79 bits per heavy atom. The van der Waals surface area contributed by atoms with E-state index in [2.05, 4.69) is 12.2 Å². The molecular formula is C11H13ClFN. The van der Waals surface area contributed by atoms with Crippen LogP contribution >= 0.6 is 11.6 Å². The molecule has 1 fully saturated rings. The smallest absolute Gasteiger partial charge is 0.125 e. The fourth-order valence-corrected chi connectivity index (χ4v) is 2.24. The number of nitrogens with one attached hydrogen (secondary N) is 1. The van der Waals surface area contributed by atoms with E-state index in [0.29, 0.717) is 5.02 Å². The lowest BCUT2D eigenvalue weighted by Crippen LogP contribution is -2.33. The van der Waals surface area contributed by atoms with Gasteiger partial charge >= 0.3 is 0 Å². The fraction of sp³-hybridized carbons (Fsp3) is 0.455. The van der Waals surface area contributed by atoms with Crippen LogP contribution in [-0.4, -0.2) is 6.54 Å². The molecule has 0 spiro atoms. The lowest BCUT2D eigenvalue weighted by Gasteiger charge is -2.25. The maximum Gasteiger partial charge on any atom is 0.125 e. The molecule has 76 valence electrons. The molecule has 14 heavy (non-hydrogen) atoms. The third-order valence-corrected chi connectivity index (χ3v) is 3.09. The summed E-state index contributed by atoms with van der Waals surface area (Å²) in [5.41, 5.74) is 0.839. The van der Waals surface area contributed by atoms with Gasteiger partial charge in [-0.05, 0) is 50.1 Å². The van der Waals surface area contributed by atoms with E-state index in [1.807, 2.05) is 6.07 Å². The summed E-state index contributed by atoms with van der Waals surface area (Å²) in [5.74, 6) is -0.262. The molecular weight excluding hydrogens is 201 g/mol. The Morgan fingerprint density at radius 1 is 1.43 bits per heavy atom. The van der Waals surface area contributed by atoms with Gasteiger partial charge in [0.25, 0.3) is 0 Å². The molecule has 1 aromatic carbocycles. The molecule has 0 amide bonds. The van der Waals surface area contributed by atoms with Crippen molar-refractivity contribution < 1.29 is 4.39 Å². The van der Waals surface area contributed by atoms with Crippen molar-refractivity contribution >= 4 is 11.6 Å². The third kappa shape index (κ3) is 1.77. The van der Waals surface area contributed by atoms with Gasteiger partial charge in [0.1, 0.15) is 5.82 Å². The largest absolute Gasteiger partial charge is 0.308 e. The van der Waals surface area contributed by atoms with Gasteiger partial charge in [0.05, 0.1) is 0 Å². The summed E-state index contributed by atoms with van der Waals surface area (Å²) in [5, 5.41) is 3.85. The number of hydrogen-bond donors (Lipinski definition) is 1. The van der Waals surface area contributed by atoms with Crippen molar-refractivity contribution in [3.8, 4) is 0 Å². The summed E-state index contributed by atoms with van der Waals surface area (Å²) >= 11 is 5.82. The van der Waals surface area contributed by atoms with Crippen LogP contribution in [0.25, 0.3) is 0 Å². The SMILES string of the molecule is CC1(c2cc(F)cc(Cl)c2)CCCN1. The first-order valence-corrected chi connectivity index (χ1v) is 5.20. The molecule has 1 heterocycles. The minimum Gasteiger partial charge on any atom is -0.308 e. The lowest BCUT2D eigenvalue weighted by atomic mass is 9.90. The van der Waals surface area contributed by atoms with Crippen LogP contribution in [0.15, 0.2) is 18.2 Å². The maximum absolute atomic E-state index is 13.1. The molecule has 1 saturated heterocycles. The van der Waals surface area contributed by atoms with Gasteiger partial charge in [0.15, 0.2) is 0 Å². The average molecular weight is 214 g/mol. The topological polar surface area (TPSA) is 12.0 Å². The lowest BCUT2D eigenvalue weighted by molar-refractivity contribution is 0.432. The first-order valence-electron chi connectivity index (χ1n) is 4.82. The van der Waals surface area contributed by atoms with Crippen LogP contribution in [0, 0.1) is 5.82 Å². The van der Waals surface area contributed by atoms with Gasteiger partial charge in [0.2, 0.25) is 0 Å². The van der Waals surface area contributed by atoms with Crippen LogP contribution < -0.4 is 5.32 Å². The maximum atomic E-state index is 13.1. The standard InChI is InChI=1S/C11H13ClFN/c1-11(3-2-4-14-11)8-5-9(12)7-10(13)6-8/h5-7,14H,2-4H2,1H3. The first kappa shape index (κ1) is 9.94. The molecule has 1 aliphatic heterocycles. The van der Waals surface area contributed by atoms with Crippen molar-refractivity contribution in [2.24, 2.45) is 0 Å². The highest BCUT2D eigenvalue weighted by Gasteiger charge is 2.30. The van der Waals surface area contributed by atoms with Gasteiger partial charge in [-0.25, -0.2) is 4.39 Å². The van der Waals surface area contributed by atoms with Crippen molar-refractivity contribution in [1.82, 2.24) is 5.32 Å². The molecule has 2 rings (SSSR count). The van der Waals surface area contributed by atoms with Crippen molar-refractivity contribution in [3.05, 3.63) is 34.6 Å². The molecule has 1 aromatic rings. The van der Waals surface area contributed by atoms with Crippen molar-refractivity contribution in [1.29, 1.82) is 0 Å². The van der Waals surface area contributed by atoms with E-state index >= 15 is 0 Å². The zero-order valence-corrected chi connectivity index (χ0v) is 8.87. The monoisotopic (exact) mass is 213 g/mol. The Kier molecular flexibility index (Phi) is 2.50. The third-order valence-electron chi connectivity index (χ3n) is 2.87. The Hall–Kier alpha value is -0.600. The van der Waals surface area contributed by atoms with Crippen LogP contribution in [0.4, 0.5) is 4.39 Å². The summed E-state index contributed by atoms with van der Waals surface area (Å²) in [6.07, 6.45) is 2.16. The first-order chi connectivity index (χ1) is 6.60. The van der Waals surface area contributed by atoms with E-state index in [0.717, 1.165) is 24.9 Å². The highest BCUT2D eigenvalue weighted by atomic mass is 35.5. The van der Waals surface area contributed by atoms with Crippen LogP contribution in [0.3, 0.4) is 0 Å². The molecule has 0 radical (unpaired) electrons. The van der Waals surface area contributed by atoms with Gasteiger partial charge in [-0.3, -0.25) is 0 Å². The minimum absolute atomic E-state index is 0.105. The Bertz CT molecular complexity index is 325. The average Bonchev–Trinajstić information content (AvgIpc) is 2.52. The molecule has 0 saturated carbocycles. The van der Waals surface area contributed by atoms with E-state index in [1.54, 1.807) is 6.07 Å². The van der Waals surface area contributed by atoms with Crippen LogP contribution in [0.2, 0.25) is 5.02 Å². The summed E-state index contributed by atoms with van der Waals surface area (Å²) in [4.78, 5) is 0. The normalized spacial score (nSPS) is 26.8. The molecule has 1 unspecified atom stereocenters. The molecule has 1 atom stereocenters. The summed E-state index contributed by atoms with van der Waals surface area (Å²) in [6, 6.07) is 4.73. The van der Waals surface area contributed by atoms with Gasteiger partial charge in [-0.2, -0.15) is 0 Å². The highest BCUT2D eigenvalue weighted by Crippen LogP contribution is 2.32. The van der Waals surface area contributed by atoms with Crippen LogP contribution in [0.1, 0.15) is 25.3 Å². The van der Waals surface area contributed by atoms with Gasteiger partial charge < -0.3 is 5.32 Å². The van der Waals surface area contributed by atoms with Crippen molar-refractivity contribution in [3.63, 3.8) is 0 Å². The van der Waals surface area contributed by atoms with Gasteiger partial charge in [0, 0.05) is 10.6 Å². The molecule has 1 nitrogen and oxygen atoms in total. The molecule has 0 aromatic heterocycles. The fourth-order valence-electron chi connectivity index (χ4n) is 2.01. The quantitative estimate of drug-likeness (QED) is 0.756.